The van der Waals surface area contributed by atoms with Crippen molar-refractivity contribution in [1.82, 2.24) is 10.3 Å². The first kappa shape index (κ1) is 16.5. The molecule has 0 aliphatic carbocycles. The van der Waals surface area contributed by atoms with Crippen molar-refractivity contribution < 1.29 is 9.59 Å². The Morgan fingerprint density at radius 1 is 1.29 bits per heavy atom. The van der Waals surface area contributed by atoms with Crippen molar-refractivity contribution in [2.24, 2.45) is 5.10 Å². The molecule has 6 nitrogen and oxygen atoms in total. The quantitative estimate of drug-likeness (QED) is 0.869. The molecule has 2 heterocycles. The highest BCUT2D eigenvalue weighted by Gasteiger charge is 2.24. The first-order valence-corrected chi connectivity index (χ1v) is 8.64. The van der Waals surface area contributed by atoms with E-state index in [0.717, 1.165) is 37.3 Å². The monoisotopic (exact) mass is 328 g/mol. The Balaban J connectivity index is 1.47. The molecule has 0 radical (unpaired) electrons. The predicted octanol–water partition coefficient (Wildman–Crippen LogP) is 2.14. The van der Waals surface area contributed by atoms with Gasteiger partial charge in [0, 0.05) is 43.4 Å². The van der Waals surface area contributed by atoms with Crippen molar-refractivity contribution in [3.8, 4) is 0 Å². The number of nitrogens with zero attached hydrogens (tertiary/aromatic N) is 2. The third-order valence-electron chi connectivity index (χ3n) is 4.53. The molecule has 2 aliphatic rings. The number of rotatable bonds is 5. The Labute approximate surface area is 142 Å². The summed E-state index contributed by atoms with van der Waals surface area (Å²) >= 11 is 0. The number of anilines is 1. The number of hydrogen-bond donors (Lipinski definition) is 2. The summed E-state index contributed by atoms with van der Waals surface area (Å²) in [6.07, 6.45) is 4.33. The molecular weight excluding hydrogens is 304 g/mol. The van der Waals surface area contributed by atoms with Crippen LogP contribution in [-0.2, 0) is 9.59 Å². The lowest BCUT2D eigenvalue weighted by Gasteiger charge is -2.34. The van der Waals surface area contributed by atoms with E-state index >= 15 is 0 Å². The first-order chi connectivity index (χ1) is 11.7. The van der Waals surface area contributed by atoms with Crippen molar-refractivity contribution in [1.29, 1.82) is 0 Å². The van der Waals surface area contributed by atoms with E-state index in [1.54, 1.807) is 0 Å². The smallest absolute Gasteiger partial charge is 0.240 e. The highest BCUT2D eigenvalue weighted by molar-refractivity contribution is 5.94. The van der Waals surface area contributed by atoms with E-state index in [2.05, 4.69) is 28.0 Å². The van der Waals surface area contributed by atoms with E-state index in [0.29, 0.717) is 31.7 Å². The van der Waals surface area contributed by atoms with Gasteiger partial charge < -0.3 is 10.2 Å². The number of para-hydroxylation sites is 1. The van der Waals surface area contributed by atoms with Crippen LogP contribution in [-0.4, -0.2) is 41.6 Å². The summed E-state index contributed by atoms with van der Waals surface area (Å²) in [6, 6.07) is 10.4. The molecule has 0 spiro atoms. The van der Waals surface area contributed by atoms with E-state index in [9.17, 15) is 9.59 Å². The highest BCUT2D eigenvalue weighted by atomic mass is 16.2. The average molecular weight is 328 g/mol. The molecule has 6 heteroatoms. The van der Waals surface area contributed by atoms with Crippen molar-refractivity contribution in [3.63, 3.8) is 0 Å². The lowest BCUT2D eigenvalue weighted by molar-refractivity contribution is -0.132. The SMILES string of the molecule is O=C1CCC(CCC(=O)N2CCC[C@H](Nc3ccccc3)C2)=NN1. The van der Waals surface area contributed by atoms with Crippen molar-refractivity contribution >= 4 is 23.2 Å². The molecule has 0 aromatic heterocycles. The van der Waals surface area contributed by atoms with Gasteiger partial charge in [-0.05, 0) is 37.8 Å². The largest absolute Gasteiger partial charge is 0.381 e. The third kappa shape index (κ3) is 4.57. The van der Waals surface area contributed by atoms with Gasteiger partial charge in [0.25, 0.3) is 0 Å². The van der Waals surface area contributed by atoms with Gasteiger partial charge in [-0.25, -0.2) is 5.43 Å². The van der Waals surface area contributed by atoms with E-state index in [-0.39, 0.29) is 11.8 Å². The lowest BCUT2D eigenvalue weighted by atomic mass is 10.0. The first-order valence-electron chi connectivity index (χ1n) is 8.64. The standard InChI is InChI=1S/C18H24N4O2/c23-17-10-8-15(20-21-17)9-11-18(24)22-12-4-7-16(13-22)19-14-5-2-1-3-6-14/h1-3,5-6,16,19H,4,7-13H2,(H,21,23)/t16-/m0/s1. The van der Waals surface area contributed by atoms with Crippen LogP contribution in [0.15, 0.2) is 35.4 Å². The van der Waals surface area contributed by atoms with Crippen LogP contribution in [0.2, 0.25) is 0 Å². The molecule has 3 rings (SSSR count). The van der Waals surface area contributed by atoms with Gasteiger partial charge in [-0.15, -0.1) is 0 Å². The van der Waals surface area contributed by atoms with Gasteiger partial charge in [0.05, 0.1) is 0 Å². The van der Waals surface area contributed by atoms with Crippen LogP contribution >= 0.6 is 0 Å². The molecule has 128 valence electrons. The Morgan fingerprint density at radius 2 is 2.12 bits per heavy atom. The van der Waals surface area contributed by atoms with Gasteiger partial charge in [0.1, 0.15) is 0 Å². The summed E-state index contributed by atoms with van der Waals surface area (Å²) in [5.74, 6) is 0.130. The fourth-order valence-corrected chi connectivity index (χ4v) is 3.19. The normalized spacial score (nSPS) is 21.0. The van der Waals surface area contributed by atoms with Gasteiger partial charge in [-0.2, -0.15) is 5.10 Å². The maximum absolute atomic E-state index is 12.5. The highest BCUT2D eigenvalue weighted by Crippen LogP contribution is 2.17. The van der Waals surface area contributed by atoms with Gasteiger partial charge in [-0.1, -0.05) is 18.2 Å². The Bertz CT molecular complexity index is 615. The number of likely N-dealkylation sites (tertiary alicyclic amines) is 1. The minimum Gasteiger partial charge on any atom is -0.381 e. The summed E-state index contributed by atoms with van der Waals surface area (Å²) in [5.41, 5.74) is 4.50. The molecule has 1 aromatic carbocycles. The Kier molecular flexibility index (Phi) is 5.46. The van der Waals surface area contributed by atoms with Crippen molar-refractivity contribution in [2.45, 2.75) is 44.6 Å². The van der Waals surface area contributed by atoms with Crippen LogP contribution in [0.25, 0.3) is 0 Å². The summed E-state index contributed by atoms with van der Waals surface area (Å²) in [4.78, 5) is 25.5. The second-order valence-corrected chi connectivity index (χ2v) is 6.40. The Hall–Kier alpha value is -2.37. The fraction of sp³-hybridized carbons (Fsp3) is 0.500. The van der Waals surface area contributed by atoms with E-state index in [1.807, 2.05) is 23.1 Å². The molecule has 1 atom stereocenters. The maximum Gasteiger partial charge on any atom is 0.240 e. The number of hydrazone groups is 1. The van der Waals surface area contributed by atoms with Crippen LogP contribution in [0.3, 0.4) is 0 Å². The molecule has 0 unspecified atom stereocenters. The van der Waals surface area contributed by atoms with Crippen molar-refractivity contribution in [3.05, 3.63) is 30.3 Å². The summed E-state index contributed by atoms with van der Waals surface area (Å²) in [7, 11) is 0. The number of carbonyl (C=O) groups is 2. The van der Waals surface area contributed by atoms with Gasteiger partial charge in [-0.3, -0.25) is 9.59 Å². The molecule has 1 saturated heterocycles. The molecule has 1 aromatic rings. The van der Waals surface area contributed by atoms with E-state index in [1.165, 1.54) is 0 Å². The molecule has 0 saturated carbocycles. The Morgan fingerprint density at radius 3 is 2.88 bits per heavy atom. The maximum atomic E-state index is 12.5. The van der Waals surface area contributed by atoms with Crippen LogP contribution < -0.4 is 10.7 Å². The number of piperidine rings is 1. The van der Waals surface area contributed by atoms with E-state index < -0.39 is 0 Å². The minimum atomic E-state index is -0.0454. The average Bonchev–Trinajstić information content (AvgIpc) is 2.62. The molecular formula is C18H24N4O2. The zero-order chi connectivity index (χ0) is 16.8. The number of amides is 2. The van der Waals surface area contributed by atoms with Crippen LogP contribution in [0, 0.1) is 0 Å². The van der Waals surface area contributed by atoms with Gasteiger partial charge in [0.2, 0.25) is 11.8 Å². The molecule has 24 heavy (non-hydrogen) atoms. The molecule has 0 bridgehead atoms. The molecule has 2 aliphatic heterocycles. The molecule has 2 amide bonds. The second-order valence-electron chi connectivity index (χ2n) is 6.40. The summed E-state index contributed by atoms with van der Waals surface area (Å²) in [5, 5.41) is 7.54. The summed E-state index contributed by atoms with van der Waals surface area (Å²) in [6.45, 7) is 1.58. The van der Waals surface area contributed by atoms with Crippen LogP contribution in [0.5, 0.6) is 0 Å². The third-order valence-corrected chi connectivity index (χ3v) is 4.53. The second kappa shape index (κ2) is 7.95. The van der Waals surface area contributed by atoms with E-state index in [4.69, 9.17) is 0 Å². The molecule has 1 fully saturated rings. The van der Waals surface area contributed by atoms with Crippen LogP contribution in [0.1, 0.15) is 38.5 Å². The fourth-order valence-electron chi connectivity index (χ4n) is 3.19. The summed E-state index contributed by atoms with van der Waals surface area (Å²) < 4.78 is 0. The van der Waals surface area contributed by atoms with Crippen molar-refractivity contribution in [2.75, 3.05) is 18.4 Å². The topological polar surface area (TPSA) is 73.8 Å². The zero-order valence-electron chi connectivity index (χ0n) is 13.8. The number of hydrogen-bond acceptors (Lipinski definition) is 4. The van der Waals surface area contributed by atoms with Gasteiger partial charge in [0.15, 0.2) is 0 Å². The van der Waals surface area contributed by atoms with Gasteiger partial charge >= 0.3 is 0 Å². The number of nitrogens with one attached hydrogen (secondary N) is 2. The zero-order valence-corrected chi connectivity index (χ0v) is 13.8. The van der Waals surface area contributed by atoms with Crippen LogP contribution in [0.4, 0.5) is 5.69 Å². The molecule has 2 N–H and O–H groups in total. The predicted molar refractivity (Wildman–Crippen MR) is 93.7 cm³/mol. The number of carbonyl (C=O) groups excluding carboxylic acids is 2. The number of benzene rings is 1. The lowest BCUT2D eigenvalue weighted by Crippen LogP contribution is -2.45. The minimum absolute atomic E-state index is 0.0454.